The molecule has 0 heterocycles. The fourth-order valence-electron chi connectivity index (χ4n) is 1.39. The Morgan fingerprint density at radius 1 is 1.35 bits per heavy atom. The number of hydrogen-bond acceptors (Lipinski definition) is 2. The Kier molecular flexibility index (Phi) is 8.36. The lowest BCUT2D eigenvalue weighted by molar-refractivity contribution is -0.120. The molecule has 1 amide bonds. The minimum atomic E-state index is -0.312. The lowest BCUT2D eigenvalue weighted by Crippen LogP contribution is -2.26. The molecular weight excluding hydrogens is 243 g/mol. The van der Waals surface area contributed by atoms with Gasteiger partial charge in [-0.3, -0.25) is 4.79 Å². The molecule has 0 radical (unpaired) electrons. The molecule has 1 aromatic rings. The molecule has 3 nitrogen and oxygen atoms in total. The van der Waals surface area contributed by atoms with E-state index in [0.29, 0.717) is 18.7 Å². The molecule has 0 bridgehead atoms. The molecule has 17 heavy (non-hydrogen) atoms. The van der Waals surface area contributed by atoms with Crippen molar-refractivity contribution in [1.29, 1.82) is 0 Å². The van der Waals surface area contributed by atoms with Gasteiger partial charge in [0.2, 0.25) is 5.91 Å². The summed E-state index contributed by atoms with van der Waals surface area (Å²) in [7, 11) is 0. The summed E-state index contributed by atoms with van der Waals surface area (Å²) in [6.45, 7) is 1.27. The van der Waals surface area contributed by atoms with Gasteiger partial charge in [-0.2, -0.15) is 0 Å². The molecule has 0 aliphatic rings. The van der Waals surface area contributed by atoms with E-state index in [1.165, 1.54) is 12.1 Å². The van der Waals surface area contributed by atoms with Crippen molar-refractivity contribution in [2.45, 2.75) is 19.3 Å². The molecule has 0 unspecified atom stereocenters. The van der Waals surface area contributed by atoms with Crippen LogP contribution in [0.1, 0.15) is 18.4 Å². The normalized spacial score (nSPS) is 9.53. The first-order chi connectivity index (χ1) is 7.72. The van der Waals surface area contributed by atoms with Crippen molar-refractivity contribution in [1.82, 2.24) is 5.32 Å². The Morgan fingerprint density at radius 2 is 2.12 bits per heavy atom. The maximum absolute atomic E-state index is 12.8. The SMILES string of the molecule is Cl.NCCCCNC(=O)Cc1cccc(F)c1. The predicted molar refractivity (Wildman–Crippen MR) is 68.7 cm³/mol. The third-order valence-corrected chi connectivity index (χ3v) is 2.21. The number of halogens is 2. The zero-order chi connectivity index (χ0) is 11.8. The van der Waals surface area contributed by atoms with Gasteiger partial charge in [0.1, 0.15) is 5.82 Å². The largest absolute Gasteiger partial charge is 0.356 e. The summed E-state index contributed by atoms with van der Waals surface area (Å²) in [5, 5.41) is 2.77. The zero-order valence-corrected chi connectivity index (χ0v) is 10.4. The van der Waals surface area contributed by atoms with E-state index in [9.17, 15) is 9.18 Å². The molecule has 0 aromatic heterocycles. The maximum Gasteiger partial charge on any atom is 0.224 e. The fourth-order valence-corrected chi connectivity index (χ4v) is 1.39. The van der Waals surface area contributed by atoms with Crippen LogP contribution in [0.5, 0.6) is 0 Å². The number of carbonyl (C=O) groups is 1. The first kappa shape index (κ1) is 15.9. The molecule has 0 saturated carbocycles. The minimum absolute atomic E-state index is 0. The van der Waals surface area contributed by atoms with Crippen LogP contribution in [0.3, 0.4) is 0 Å². The quantitative estimate of drug-likeness (QED) is 0.764. The highest BCUT2D eigenvalue weighted by atomic mass is 35.5. The van der Waals surface area contributed by atoms with Gasteiger partial charge in [0, 0.05) is 6.54 Å². The smallest absolute Gasteiger partial charge is 0.224 e. The van der Waals surface area contributed by atoms with Crippen molar-refractivity contribution in [3.8, 4) is 0 Å². The number of nitrogens with one attached hydrogen (secondary N) is 1. The average molecular weight is 261 g/mol. The lowest BCUT2D eigenvalue weighted by atomic mass is 10.1. The first-order valence-corrected chi connectivity index (χ1v) is 5.43. The molecule has 0 saturated heterocycles. The van der Waals surface area contributed by atoms with E-state index >= 15 is 0 Å². The Hall–Kier alpha value is -1.13. The molecule has 0 atom stereocenters. The van der Waals surface area contributed by atoms with Crippen LogP contribution in [0, 0.1) is 5.82 Å². The van der Waals surface area contributed by atoms with E-state index in [1.54, 1.807) is 12.1 Å². The minimum Gasteiger partial charge on any atom is -0.356 e. The Balaban J connectivity index is 0.00000256. The Bertz CT molecular complexity index is 347. The van der Waals surface area contributed by atoms with Gasteiger partial charge in [-0.1, -0.05) is 12.1 Å². The van der Waals surface area contributed by atoms with Crippen LogP contribution >= 0.6 is 12.4 Å². The summed E-state index contributed by atoms with van der Waals surface area (Å²) in [5.41, 5.74) is 6.02. The van der Waals surface area contributed by atoms with Crippen LogP contribution in [0.2, 0.25) is 0 Å². The Labute approximate surface area is 107 Å². The fraction of sp³-hybridized carbons (Fsp3) is 0.417. The molecular formula is C12H18ClFN2O. The van der Waals surface area contributed by atoms with Crippen molar-refractivity contribution in [3.63, 3.8) is 0 Å². The molecule has 1 rings (SSSR count). The molecule has 0 aliphatic carbocycles. The van der Waals surface area contributed by atoms with Crippen LogP contribution < -0.4 is 11.1 Å². The van der Waals surface area contributed by atoms with Gasteiger partial charge in [-0.25, -0.2) is 4.39 Å². The Morgan fingerprint density at radius 3 is 2.76 bits per heavy atom. The van der Waals surface area contributed by atoms with Gasteiger partial charge in [0.05, 0.1) is 6.42 Å². The van der Waals surface area contributed by atoms with Crippen molar-refractivity contribution < 1.29 is 9.18 Å². The number of carbonyl (C=O) groups excluding carboxylic acids is 1. The highest BCUT2D eigenvalue weighted by molar-refractivity contribution is 5.85. The van der Waals surface area contributed by atoms with E-state index in [-0.39, 0.29) is 30.6 Å². The van der Waals surface area contributed by atoms with Gasteiger partial charge in [0.15, 0.2) is 0 Å². The molecule has 0 fully saturated rings. The molecule has 5 heteroatoms. The third kappa shape index (κ3) is 6.92. The first-order valence-electron chi connectivity index (χ1n) is 5.43. The monoisotopic (exact) mass is 260 g/mol. The second-order valence-corrected chi connectivity index (χ2v) is 3.65. The van der Waals surface area contributed by atoms with E-state index in [2.05, 4.69) is 5.32 Å². The van der Waals surface area contributed by atoms with Crippen LogP contribution in [0.15, 0.2) is 24.3 Å². The molecule has 0 aliphatic heterocycles. The van der Waals surface area contributed by atoms with Crippen molar-refractivity contribution in [2.24, 2.45) is 5.73 Å². The number of benzene rings is 1. The standard InChI is InChI=1S/C12H17FN2O.ClH/c13-11-5-3-4-10(8-11)9-12(16)15-7-2-1-6-14;/h3-5,8H,1-2,6-7,9,14H2,(H,15,16);1H. The average Bonchev–Trinajstić information content (AvgIpc) is 2.24. The summed E-state index contributed by atoms with van der Waals surface area (Å²) < 4.78 is 12.8. The van der Waals surface area contributed by atoms with Crippen LogP contribution in [-0.2, 0) is 11.2 Å². The van der Waals surface area contributed by atoms with Crippen molar-refractivity contribution >= 4 is 18.3 Å². The molecule has 3 N–H and O–H groups in total. The highest BCUT2D eigenvalue weighted by Crippen LogP contribution is 2.03. The van der Waals surface area contributed by atoms with Gasteiger partial charge in [-0.15, -0.1) is 12.4 Å². The van der Waals surface area contributed by atoms with E-state index in [0.717, 1.165) is 12.8 Å². The maximum atomic E-state index is 12.8. The van der Waals surface area contributed by atoms with Crippen LogP contribution in [-0.4, -0.2) is 19.0 Å². The number of nitrogens with two attached hydrogens (primary N) is 1. The van der Waals surface area contributed by atoms with Crippen molar-refractivity contribution in [2.75, 3.05) is 13.1 Å². The summed E-state index contributed by atoms with van der Waals surface area (Å²) in [4.78, 5) is 11.4. The van der Waals surface area contributed by atoms with Gasteiger partial charge >= 0.3 is 0 Å². The number of unbranched alkanes of at least 4 members (excludes halogenated alkanes) is 1. The van der Waals surface area contributed by atoms with E-state index in [4.69, 9.17) is 5.73 Å². The van der Waals surface area contributed by atoms with E-state index < -0.39 is 0 Å². The molecule has 1 aromatic carbocycles. The van der Waals surface area contributed by atoms with Gasteiger partial charge in [0.25, 0.3) is 0 Å². The summed E-state index contributed by atoms with van der Waals surface area (Å²) in [6, 6.07) is 6.08. The van der Waals surface area contributed by atoms with Gasteiger partial charge < -0.3 is 11.1 Å². The second kappa shape index (κ2) is 8.96. The topological polar surface area (TPSA) is 55.1 Å². The number of amides is 1. The molecule has 96 valence electrons. The van der Waals surface area contributed by atoms with Crippen LogP contribution in [0.4, 0.5) is 4.39 Å². The third-order valence-electron chi connectivity index (χ3n) is 2.21. The second-order valence-electron chi connectivity index (χ2n) is 3.65. The van der Waals surface area contributed by atoms with Gasteiger partial charge in [-0.05, 0) is 37.1 Å². The van der Waals surface area contributed by atoms with E-state index in [1.807, 2.05) is 0 Å². The predicted octanol–water partition coefficient (Wildman–Crippen LogP) is 1.65. The lowest BCUT2D eigenvalue weighted by Gasteiger charge is -2.04. The highest BCUT2D eigenvalue weighted by Gasteiger charge is 2.03. The molecule has 0 spiro atoms. The van der Waals surface area contributed by atoms with Crippen LogP contribution in [0.25, 0.3) is 0 Å². The summed E-state index contributed by atoms with van der Waals surface area (Å²) >= 11 is 0. The number of rotatable bonds is 6. The summed E-state index contributed by atoms with van der Waals surface area (Å²) in [6.07, 6.45) is 2.01. The zero-order valence-electron chi connectivity index (χ0n) is 9.62. The van der Waals surface area contributed by atoms with Crippen molar-refractivity contribution in [3.05, 3.63) is 35.6 Å². The summed E-state index contributed by atoms with van der Waals surface area (Å²) in [5.74, 6) is -0.393. The number of hydrogen-bond donors (Lipinski definition) is 2.